The molecule has 2 aromatic heterocycles. The summed E-state index contributed by atoms with van der Waals surface area (Å²) in [5.74, 6) is -0.0209. The minimum Gasteiger partial charge on any atom is -0.465 e. The first-order chi connectivity index (χ1) is 19.1. The zero-order valence-corrected chi connectivity index (χ0v) is 23.4. The normalized spacial score (nSPS) is 14.2. The maximum Gasteiger partial charge on any atom is 0.407 e. The summed E-state index contributed by atoms with van der Waals surface area (Å²) >= 11 is 0. The number of benzene rings is 1. The monoisotopic (exact) mass is 554 g/mol. The molecule has 0 spiro atoms. The second-order valence-corrected chi connectivity index (χ2v) is 9.84. The van der Waals surface area contributed by atoms with Crippen LogP contribution >= 0.6 is 0 Å². The lowest BCUT2D eigenvalue weighted by Gasteiger charge is -2.27. The van der Waals surface area contributed by atoms with E-state index in [-0.39, 0.29) is 18.4 Å². The van der Waals surface area contributed by atoms with Crippen LogP contribution in [0.1, 0.15) is 50.8 Å². The molecule has 4 rings (SSSR count). The highest BCUT2D eigenvalue weighted by atomic mass is 16.5. The Morgan fingerprint density at radius 1 is 1.07 bits per heavy atom. The van der Waals surface area contributed by atoms with Crippen LogP contribution in [-0.2, 0) is 32.1 Å². The summed E-state index contributed by atoms with van der Waals surface area (Å²) < 4.78 is 12.8. The largest absolute Gasteiger partial charge is 0.465 e. The highest BCUT2D eigenvalue weighted by Gasteiger charge is 2.32. The van der Waals surface area contributed by atoms with Crippen LogP contribution in [0.15, 0.2) is 48.5 Å². The van der Waals surface area contributed by atoms with Crippen molar-refractivity contribution in [1.82, 2.24) is 30.1 Å². The van der Waals surface area contributed by atoms with Gasteiger partial charge in [0.1, 0.15) is 11.6 Å². The fourth-order valence-electron chi connectivity index (χ4n) is 4.17. The molecule has 0 saturated carbocycles. The Morgan fingerprint density at radius 2 is 1.77 bits per heavy atom. The minimum absolute atomic E-state index is 0.204. The molecule has 12 heteroatoms. The van der Waals surface area contributed by atoms with Crippen molar-refractivity contribution in [3.8, 4) is 0 Å². The molecule has 3 heterocycles. The second kappa shape index (κ2) is 14.4. The first-order valence-electron chi connectivity index (χ1n) is 13.2. The number of morpholine rings is 1. The molecule has 1 aromatic carbocycles. The van der Waals surface area contributed by atoms with Gasteiger partial charge < -0.3 is 30.1 Å². The van der Waals surface area contributed by atoms with Crippen LogP contribution < -0.4 is 10.6 Å². The standard InChI is InChI=1S/C23H29N5O3.C5H9NO3/c1-5-18-12-9-13-20-26-27-21(28(18)20)19(15-31-14-17-10-7-6-8-11-17)24-22(30)23(3,4)25-16(2)29;7-5(8)6-1-3-9-4-2-6/h6-13,19H,5,14-15H2,1-4H3,(H,24,30)(H,25,29);1-4H2,(H,7,8)/t19-;/m1./s1. The van der Waals surface area contributed by atoms with E-state index in [0.29, 0.717) is 44.4 Å². The van der Waals surface area contributed by atoms with Gasteiger partial charge in [0.2, 0.25) is 11.8 Å². The van der Waals surface area contributed by atoms with E-state index in [0.717, 1.165) is 17.7 Å². The van der Waals surface area contributed by atoms with Gasteiger partial charge in [0.15, 0.2) is 11.5 Å². The third-order valence-corrected chi connectivity index (χ3v) is 6.25. The van der Waals surface area contributed by atoms with Crippen LogP contribution in [0.4, 0.5) is 4.79 Å². The number of hydrogen-bond donors (Lipinski definition) is 3. The van der Waals surface area contributed by atoms with E-state index in [9.17, 15) is 14.4 Å². The summed E-state index contributed by atoms with van der Waals surface area (Å²) in [5, 5.41) is 22.7. The van der Waals surface area contributed by atoms with Crippen LogP contribution in [0.2, 0.25) is 0 Å². The number of rotatable bonds is 9. The summed E-state index contributed by atoms with van der Waals surface area (Å²) in [5.41, 5.74) is 1.68. The number of carbonyl (C=O) groups is 3. The molecule has 0 aliphatic carbocycles. The number of carbonyl (C=O) groups excluding carboxylic acids is 2. The number of nitrogens with zero attached hydrogens (tertiary/aromatic N) is 4. The van der Waals surface area contributed by atoms with Crippen molar-refractivity contribution in [2.24, 2.45) is 0 Å². The molecule has 1 saturated heterocycles. The summed E-state index contributed by atoms with van der Waals surface area (Å²) in [6.07, 6.45) is -0.0658. The molecule has 0 bridgehead atoms. The first-order valence-corrected chi connectivity index (χ1v) is 13.2. The lowest BCUT2D eigenvalue weighted by atomic mass is 10.0. The van der Waals surface area contributed by atoms with Gasteiger partial charge >= 0.3 is 6.09 Å². The fraction of sp³-hybridized carbons (Fsp3) is 0.464. The zero-order chi connectivity index (χ0) is 29.1. The van der Waals surface area contributed by atoms with Gasteiger partial charge in [-0.25, -0.2) is 4.79 Å². The predicted octanol–water partition coefficient (Wildman–Crippen LogP) is 2.58. The first kappa shape index (κ1) is 30.5. The Hall–Kier alpha value is -4.03. The lowest BCUT2D eigenvalue weighted by Crippen LogP contribution is -2.55. The van der Waals surface area contributed by atoms with Gasteiger partial charge in [0.25, 0.3) is 0 Å². The highest BCUT2D eigenvalue weighted by molar-refractivity contribution is 5.90. The number of aryl methyl sites for hydroxylation is 1. The topological polar surface area (TPSA) is 147 Å². The number of fused-ring (bicyclic) bond motifs is 1. The quantitative estimate of drug-likeness (QED) is 0.366. The van der Waals surface area contributed by atoms with E-state index in [4.69, 9.17) is 14.6 Å². The van der Waals surface area contributed by atoms with Crippen molar-refractivity contribution in [2.75, 3.05) is 32.9 Å². The van der Waals surface area contributed by atoms with E-state index in [1.165, 1.54) is 11.8 Å². The summed E-state index contributed by atoms with van der Waals surface area (Å²) in [6, 6.07) is 15.1. The molecule has 1 aliphatic rings. The van der Waals surface area contributed by atoms with Gasteiger partial charge in [-0.2, -0.15) is 0 Å². The maximum atomic E-state index is 13.0. The van der Waals surface area contributed by atoms with Crippen molar-refractivity contribution in [3.63, 3.8) is 0 Å². The molecule has 1 fully saturated rings. The van der Waals surface area contributed by atoms with E-state index < -0.39 is 17.7 Å². The number of pyridine rings is 1. The van der Waals surface area contributed by atoms with Gasteiger partial charge in [0, 0.05) is 25.7 Å². The molecule has 0 radical (unpaired) electrons. The zero-order valence-electron chi connectivity index (χ0n) is 23.4. The molecule has 216 valence electrons. The number of aromatic nitrogens is 3. The SMILES string of the molecule is CCc1cccc2nnc([C@@H](COCc3ccccc3)NC(=O)C(C)(C)NC(C)=O)n12.O=C(O)N1CCOCC1. The second-order valence-electron chi connectivity index (χ2n) is 9.84. The third kappa shape index (κ3) is 8.48. The van der Waals surface area contributed by atoms with Gasteiger partial charge in [0.05, 0.1) is 26.4 Å². The molecule has 1 aliphatic heterocycles. The van der Waals surface area contributed by atoms with Crippen molar-refractivity contribution in [2.45, 2.75) is 52.3 Å². The van der Waals surface area contributed by atoms with Gasteiger partial charge in [-0.1, -0.05) is 43.3 Å². The molecular formula is C28H38N6O6. The molecule has 3 N–H and O–H groups in total. The third-order valence-electron chi connectivity index (χ3n) is 6.25. The Balaban J connectivity index is 0.000000415. The van der Waals surface area contributed by atoms with Gasteiger partial charge in [-0.05, 0) is 38.0 Å². The van der Waals surface area contributed by atoms with E-state index in [1.54, 1.807) is 13.8 Å². The summed E-state index contributed by atoms with van der Waals surface area (Å²) in [6.45, 7) is 9.45. The predicted molar refractivity (Wildman–Crippen MR) is 148 cm³/mol. The molecule has 3 aromatic rings. The minimum atomic E-state index is -1.09. The molecule has 12 nitrogen and oxygen atoms in total. The Kier molecular flexibility index (Phi) is 11.0. The molecule has 40 heavy (non-hydrogen) atoms. The fourth-order valence-corrected chi connectivity index (χ4v) is 4.17. The summed E-state index contributed by atoms with van der Waals surface area (Å²) in [7, 11) is 0. The number of ether oxygens (including phenoxy) is 2. The Bertz CT molecular complexity index is 1270. The maximum absolute atomic E-state index is 13.0. The van der Waals surface area contributed by atoms with Crippen molar-refractivity contribution in [3.05, 3.63) is 65.6 Å². The number of carboxylic acid groups (broad SMARTS) is 1. The van der Waals surface area contributed by atoms with Crippen molar-refractivity contribution in [1.29, 1.82) is 0 Å². The van der Waals surface area contributed by atoms with Gasteiger partial charge in [-0.15, -0.1) is 10.2 Å². The van der Waals surface area contributed by atoms with Crippen molar-refractivity contribution >= 4 is 23.6 Å². The van der Waals surface area contributed by atoms with Gasteiger partial charge in [-0.3, -0.25) is 14.0 Å². The van der Waals surface area contributed by atoms with E-state index >= 15 is 0 Å². The van der Waals surface area contributed by atoms with Crippen molar-refractivity contribution < 1.29 is 29.0 Å². The Labute approximate surface area is 233 Å². The lowest BCUT2D eigenvalue weighted by molar-refractivity contribution is -0.132. The number of nitrogens with one attached hydrogen (secondary N) is 2. The number of amides is 3. The van der Waals surface area contributed by atoms with Crippen LogP contribution in [0.25, 0.3) is 5.65 Å². The molecule has 1 atom stereocenters. The Morgan fingerprint density at radius 3 is 2.38 bits per heavy atom. The van der Waals surface area contributed by atoms with Crippen LogP contribution in [-0.4, -0.2) is 81.0 Å². The smallest absolute Gasteiger partial charge is 0.407 e. The van der Waals surface area contributed by atoms with Crippen LogP contribution in [0.5, 0.6) is 0 Å². The highest BCUT2D eigenvalue weighted by Crippen LogP contribution is 2.18. The van der Waals surface area contributed by atoms with E-state index in [2.05, 4.69) is 27.8 Å². The summed E-state index contributed by atoms with van der Waals surface area (Å²) in [4.78, 5) is 36.1. The molecule has 3 amide bonds. The van der Waals surface area contributed by atoms with E-state index in [1.807, 2.05) is 52.9 Å². The molecular weight excluding hydrogens is 516 g/mol. The van der Waals surface area contributed by atoms with Crippen LogP contribution in [0.3, 0.4) is 0 Å². The molecule has 0 unspecified atom stereocenters. The number of hydrogen-bond acceptors (Lipinski definition) is 7. The average Bonchev–Trinajstić information content (AvgIpc) is 3.37. The van der Waals surface area contributed by atoms with Crippen LogP contribution in [0, 0.1) is 0 Å². The average molecular weight is 555 g/mol.